The summed E-state index contributed by atoms with van der Waals surface area (Å²) < 4.78 is 1.90. The summed E-state index contributed by atoms with van der Waals surface area (Å²) in [5.41, 5.74) is 1.83. The van der Waals surface area contributed by atoms with Crippen molar-refractivity contribution in [2.75, 3.05) is 24.5 Å². The van der Waals surface area contributed by atoms with Gasteiger partial charge in [0.1, 0.15) is 0 Å². The summed E-state index contributed by atoms with van der Waals surface area (Å²) in [6.07, 6.45) is 8.92. The van der Waals surface area contributed by atoms with E-state index < -0.39 is 0 Å². The van der Waals surface area contributed by atoms with Crippen molar-refractivity contribution in [3.8, 4) is 0 Å². The topological polar surface area (TPSA) is 53.7 Å². The molecule has 0 N–H and O–H groups in total. The highest BCUT2D eigenvalue weighted by molar-refractivity contribution is 7.20. The van der Waals surface area contributed by atoms with E-state index in [9.17, 15) is 4.79 Å². The lowest BCUT2D eigenvalue weighted by Gasteiger charge is -2.40. The van der Waals surface area contributed by atoms with Gasteiger partial charge in [0.05, 0.1) is 11.9 Å². The number of rotatable bonds is 3. The van der Waals surface area contributed by atoms with Gasteiger partial charge in [-0.2, -0.15) is 0 Å². The van der Waals surface area contributed by atoms with E-state index >= 15 is 0 Å². The first kappa shape index (κ1) is 19.5. The number of benzene rings is 1. The zero-order valence-corrected chi connectivity index (χ0v) is 18.4. The highest BCUT2D eigenvalue weighted by Gasteiger charge is 2.34. The Hall–Kier alpha value is -2.41. The predicted octanol–water partition coefficient (Wildman–Crippen LogP) is 4.40. The maximum atomic E-state index is 13.3. The SMILES string of the molecule is Cc1cn2nc(N3CCC([C@@H]4CCCCCN4C(=O)c4ccccc4)CC3)sc2n1. The van der Waals surface area contributed by atoms with Crippen LogP contribution < -0.4 is 4.90 Å². The average Bonchev–Trinajstić information content (AvgIpc) is 3.21. The number of amides is 1. The first-order valence-electron chi connectivity index (χ1n) is 11.1. The molecular weight excluding hydrogens is 394 g/mol. The number of hydrogen-bond acceptors (Lipinski definition) is 5. The fraction of sp³-hybridized carbons (Fsp3) is 0.522. The molecule has 4 heterocycles. The van der Waals surface area contributed by atoms with Crippen LogP contribution in [0, 0.1) is 12.8 Å². The number of aryl methyl sites for hydroxylation is 1. The van der Waals surface area contributed by atoms with Gasteiger partial charge in [0.2, 0.25) is 10.1 Å². The molecule has 30 heavy (non-hydrogen) atoms. The molecule has 6 nitrogen and oxygen atoms in total. The second-order valence-electron chi connectivity index (χ2n) is 8.60. The molecule has 0 aliphatic carbocycles. The summed E-state index contributed by atoms with van der Waals surface area (Å²) in [5.74, 6) is 0.778. The van der Waals surface area contributed by atoms with Gasteiger partial charge in [-0.3, -0.25) is 4.79 Å². The van der Waals surface area contributed by atoms with E-state index in [-0.39, 0.29) is 5.91 Å². The van der Waals surface area contributed by atoms with Crippen LogP contribution in [-0.4, -0.2) is 51.1 Å². The Balaban J connectivity index is 1.29. The summed E-state index contributed by atoms with van der Waals surface area (Å²) >= 11 is 1.67. The molecule has 0 saturated carbocycles. The van der Waals surface area contributed by atoms with Crippen LogP contribution in [0.25, 0.3) is 4.96 Å². The van der Waals surface area contributed by atoms with Gasteiger partial charge in [-0.15, -0.1) is 5.10 Å². The molecule has 158 valence electrons. The van der Waals surface area contributed by atoms with Gasteiger partial charge >= 0.3 is 0 Å². The largest absolute Gasteiger partial charge is 0.347 e. The van der Waals surface area contributed by atoms with Crippen molar-refractivity contribution >= 4 is 27.3 Å². The van der Waals surface area contributed by atoms with E-state index in [4.69, 9.17) is 5.10 Å². The Morgan fingerprint density at radius 3 is 2.60 bits per heavy atom. The fourth-order valence-corrected chi connectivity index (χ4v) is 6.01. The third-order valence-electron chi connectivity index (χ3n) is 6.59. The second-order valence-corrected chi connectivity index (χ2v) is 9.53. The number of aromatic nitrogens is 3. The third kappa shape index (κ3) is 3.83. The zero-order valence-electron chi connectivity index (χ0n) is 17.5. The van der Waals surface area contributed by atoms with E-state index in [1.165, 1.54) is 12.8 Å². The third-order valence-corrected chi connectivity index (χ3v) is 7.57. The van der Waals surface area contributed by atoms with Crippen LogP contribution in [0.15, 0.2) is 36.5 Å². The van der Waals surface area contributed by atoms with E-state index in [1.54, 1.807) is 11.3 Å². The molecule has 0 radical (unpaired) electrons. The van der Waals surface area contributed by atoms with Crippen molar-refractivity contribution in [2.24, 2.45) is 5.92 Å². The summed E-state index contributed by atoms with van der Waals surface area (Å²) in [6.45, 7) is 4.90. The molecule has 2 saturated heterocycles. The molecule has 1 atom stereocenters. The van der Waals surface area contributed by atoms with Crippen molar-refractivity contribution in [2.45, 2.75) is 51.5 Å². The van der Waals surface area contributed by atoms with Crippen LogP contribution in [0.1, 0.15) is 54.6 Å². The van der Waals surface area contributed by atoms with Gasteiger partial charge in [-0.25, -0.2) is 9.50 Å². The highest BCUT2D eigenvalue weighted by atomic mass is 32.1. The fourth-order valence-electron chi connectivity index (χ4n) is 5.02. The summed E-state index contributed by atoms with van der Waals surface area (Å²) in [4.78, 5) is 23.4. The van der Waals surface area contributed by atoms with Crippen molar-refractivity contribution in [1.29, 1.82) is 0 Å². The number of nitrogens with zero attached hydrogens (tertiary/aromatic N) is 5. The Bertz CT molecular complexity index is 974. The lowest BCUT2D eigenvalue weighted by atomic mass is 9.86. The molecule has 0 spiro atoms. The molecule has 1 aromatic carbocycles. The first-order valence-corrected chi connectivity index (χ1v) is 11.9. The van der Waals surface area contributed by atoms with E-state index in [0.717, 1.165) is 66.7 Å². The van der Waals surface area contributed by atoms with Crippen molar-refractivity contribution in [3.63, 3.8) is 0 Å². The number of hydrogen-bond donors (Lipinski definition) is 0. The highest BCUT2D eigenvalue weighted by Crippen LogP contribution is 2.33. The number of fused-ring (bicyclic) bond motifs is 1. The summed E-state index contributed by atoms with van der Waals surface area (Å²) in [5, 5.41) is 5.79. The smallest absolute Gasteiger partial charge is 0.254 e. The van der Waals surface area contributed by atoms with Crippen LogP contribution >= 0.6 is 11.3 Å². The van der Waals surface area contributed by atoms with Crippen molar-refractivity contribution < 1.29 is 4.79 Å². The normalized spacial score (nSPS) is 21.2. The summed E-state index contributed by atoms with van der Waals surface area (Å²) in [6, 6.07) is 10.2. The molecule has 7 heteroatoms. The maximum Gasteiger partial charge on any atom is 0.254 e. The minimum atomic E-state index is 0.210. The number of anilines is 1. The zero-order chi connectivity index (χ0) is 20.5. The van der Waals surface area contributed by atoms with Gasteiger partial charge in [-0.05, 0) is 50.7 Å². The second kappa shape index (κ2) is 8.38. The van der Waals surface area contributed by atoms with Crippen molar-refractivity contribution in [3.05, 3.63) is 47.8 Å². The van der Waals surface area contributed by atoms with Crippen molar-refractivity contribution in [1.82, 2.24) is 19.5 Å². The number of carbonyl (C=O) groups excluding carboxylic acids is 1. The molecule has 0 bridgehead atoms. The van der Waals surface area contributed by atoms with Gasteiger partial charge in [-0.1, -0.05) is 42.4 Å². The minimum absolute atomic E-state index is 0.210. The van der Waals surface area contributed by atoms with Gasteiger partial charge in [0.15, 0.2) is 0 Å². The number of likely N-dealkylation sites (tertiary alicyclic amines) is 1. The molecular formula is C23H29N5OS. The standard InChI is InChI=1S/C23H29N5OS/c1-17-16-28-22(24-17)30-23(25-28)26-14-11-18(12-15-26)20-10-6-3-7-13-27(20)21(29)19-8-4-2-5-9-19/h2,4-5,8-9,16,18,20H,3,6-7,10-15H2,1H3/t20-/m0/s1. The van der Waals surface area contributed by atoms with Crippen LogP contribution in [0.3, 0.4) is 0 Å². The lowest BCUT2D eigenvalue weighted by molar-refractivity contribution is 0.0588. The van der Waals surface area contributed by atoms with E-state index in [1.807, 2.05) is 48.0 Å². The Labute approximate surface area is 181 Å². The molecule has 1 amide bonds. The van der Waals surface area contributed by atoms with Gasteiger partial charge in [0.25, 0.3) is 5.91 Å². The van der Waals surface area contributed by atoms with Crippen LogP contribution in [0.5, 0.6) is 0 Å². The molecule has 2 aliphatic rings. The predicted molar refractivity (Wildman–Crippen MR) is 120 cm³/mol. The quantitative estimate of drug-likeness (QED) is 0.627. The molecule has 5 rings (SSSR count). The molecule has 2 aromatic heterocycles. The Morgan fingerprint density at radius 2 is 1.83 bits per heavy atom. The monoisotopic (exact) mass is 423 g/mol. The number of carbonyl (C=O) groups is 1. The maximum absolute atomic E-state index is 13.3. The Morgan fingerprint density at radius 1 is 1.03 bits per heavy atom. The number of piperidine rings is 1. The Kier molecular flexibility index (Phi) is 5.46. The van der Waals surface area contributed by atoms with Crippen LogP contribution in [0.2, 0.25) is 0 Å². The molecule has 2 fully saturated rings. The van der Waals surface area contributed by atoms with E-state index in [0.29, 0.717) is 12.0 Å². The average molecular weight is 424 g/mol. The lowest BCUT2D eigenvalue weighted by Crippen LogP contribution is -2.48. The number of imidazole rings is 1. The van der Waals surface area contributed by atoms with E-state index in [2.05, 4.69) is 14.8 Å². The molecule has 2 aliphatic heterocycles. The summed E-state index contributed by atoms with van der Waals surface area (Å²) in [7, 11) is 0. The van der Waals surface area contributed by atoms with Crippen LogP contribution in [-0.2, 0) is 0 Å². The molecule has 3 aromatic rings. The molecule has 0 unspecified atom stereocenters. The van der Waals surface area contributed by atoms with Gasteiger partial charge in [0, 0.05) is 31.2 Å². The van der Waals surface area contributed by atoms with Crippen LogP contribution in [0.4, 0.5) is 5.13 Å². The minimum Gasteiger partial charge on any atom is -0.347 e. The first-order chi connectivity index (χ1) is 14.7. The van der Waals surface area contributed by atoms with Gasteiger partial charge < -0.3 is 9.80 Å².